The summed E-state index contributed by atoms with van der Waals surface area (Å²) in [5.74, 6) is 0.962. The first-order valence-electron chi connectivity index (χ1n) is 5.93. The molecule has 1 aromatic carbocycles. The number of benzene rings is 1. The zero-order valence-electron chi connectivity index (χ0n) is 9.30. The summed E-state index contributed by atoms with van der Waals surface area (Å²) in [6.07, 6.45) is 2.80. The molecular weight excluding hydrogens is 263 g/mol. The van der Waals surface area contributed by atoms with Crippen molar-refractivity contribution >= 4 is 25.4 Å². The van der Waals surface area contributed by atoms with E-state index in [-0.39, 0.29) is 0 Å². The van der Waals surface area contributed by atoms with Gasteiger partial charge in [0.15, 0.2) is 0 Å². The van der Waals surface area contributed by atoms with E-state index in [0.717, 1.165) is 11.6 Å². The molecule has 0 N–H and O–H groups in total. The second-order valence-corrected chi connectivity index (χ2v) is 6.57. The van der Waals surface area contributed by atoms with Gasteiger partial charge in [0, 0.05) is 0 Å². The quantitative estimate of drug-likeness (QED) is 0.721. The van der Waals surface area contributed by atoms with Gasteiger partial charge in [-0.25, -0.2) is 0 Å². The van der Waals surface area contributed by atoms with Crippen molar-refractivity contribution in [2.45, 2.75) is 18.2 Å². The first kappa shape index (κ1) is 10.4. The second-order valence-electron chi connectivity index (χ2n) is 4.50. The Hall–Kier alpha value is -0.791. The van der Waals surface area contributed by atoms with Crippen molar-refractivity contribution in [3.05, 3.63) is 30.3 Å². The Labute approximate surface area is 103 Å². The molecule has 0 aromatic heterocycles. The van der Waals surface area contributed by atoms with Gasteiger partial charge >= 0.3 is 103 Å². The SMILES string of the molecule is c1ccc(N=C2[Se]CC3CCCN2C3)cc1. The molecule has 1 aromatic rings. The van der Waals surface area contributed by atoms with Gasteiger partial charge in [0.05, 0.1) is 0 Å². The topological polar surface area (TPSA) is 15.6 Å². The normalized spacial score (nSPS) is 27.1. The molecule has 2 aliphatic rings. The minimum absolute atomic E-state index is 0.596. The van der Waals surface area contributed by atoms with Gasteiger partial charge in [0.2, 0.25) is 0 Å². The van der Waals surface area contributed by atoms with Gasteiger partial charge in [-0.05, 0) is 0 Å². The molecule has 2 fully saturated rings. The molecule has 2 nitrogen and oxygen atoms in total. The van der Waals surface area contributed by atoms with Gasteiger partial charge in [-0.2, -0.15) is 0 Å². The number of hydrogen-bond donors (Lipinski definition) is 0. The van der Waals surface area contributed by atoms with E-state index in [1.165, 1.54) is 36.0 Å². The predicted octanol–water partition coefficient (Wildman–Crippen LogP) is 2.52. The molecule has 3 heteroatoms. The van der Waals surface area contributed by atoms with Crippen LogP contribution >= 0.6 is 0 Å². The number of fused-ring (bicyclic) bond motifs is 2. The van der Waals surface area contributed by atoms with Crippen LogP contribution in [0.5, 0.6) is 0 Å². The standard InChI is InChI=1S/C13H16N2Se/c1-2-6-12(7-3-1)14-13-15-8-4-5-11(9-15)10-16-13/h1-3,6-7,11H,4-5,8-10H2. The van der Waals surface area contributed by atoms with E-state index in [1.54, 1.807) is 0 Å². The van der Waals surface area contributed by atoms with Crippen molar-refractivity contribution in [2.75, 3.05) is 13.1 Å². The van der Waals surface area contributed by atoms with Crippen molar-refractivity contribution in [3.8, 4) is 0 Å². The number of amidine groups is 1. The first-order chi connectivity index (χ1) is 7.92. The van der Waals surface area contributed by atoms with Crippen LogP contribution in [-0.4, -0.2) is 37.7 Å². The molecule has 0 amide bonds. The predicted molar refractivity (Wildman–Crippen MR) is 68.4 cm³/mol. The molecule has 0 radical (unpaired) electrons. The zero-order valence-corrected chi connectivity index (χ0v) is 11.0. The maximum absolute atomic E-state index is 4.81. The van der Waals surface area contributed by atoms with Gasteiger partial charge in [-0.1, -0.05) is 0 Å². The van der Waals surface area contributed by atoms with E-state index < -0.39 is 0 Å². The maximum atomic E-state index is 4.81. The van der Waals surface area contributed by atoms with Crippen LogP contribution in [0.1, 0.15) is 12.8 Å². The molecule has 84 valence electrons. The molecule has 16 heavy (non-hydrogen) atoms. The summed E-state index contributed by atoms with van der Waals surface area (Å²) < 4.78 is 1.37. The Balaban J connectivity index is 1.81. The Bertz CT molecular complexity index is 388. The number of piperidine rings is 1. The average Bonchev–Trinajstić information content (AvgIpc) is 2.35. The van der Waals surface area contributed by atoms with Crippen molar-refractivity contribution < 1.29 is 0 Å². The van der Waals surface area contributed by atoms with E-state index in [9.17, 15) is 0 Å². The van der Waals surface area contributed by atoms with E-state index >= 15 is 0 Å². The monoisotopic (exact) mass is 280 g/mol. The molecule has 1 unspecified atom stereocenters. The summed E-state index contributed by atoms with van der Waals surface area (Å²) in [5, 5.41) is 1.40. The molecule has 2 aliphatic heterocycles. The van der Waals surface area contributed by atoms with Crippen LogP contribution < -0.4 is 0 Å². The van der Waals surface area contributed by atoms with Crippen LogP contribution in [0.15, 0.2) is 35.3 Å². The minimum atomic E-state index is 0.596. The second kappa shape index (κ2) is 4.60. The number of rotatable bonds is 1. The van der Waals surface area contributed by atoms with E-state index in [1.807, 2.05) is 6.07 Å². The number of nitrogens with zero attached hydrogens (tertiary/aromatic N) is 2. The first-order valence-corrected chi connectivity index (χ1v) is 8.00. The van der Waals surface area contributed by atoms with E-state index in [4.69, 9.17) is 4.99 Å². The van der Waals surface area contributed by atoms with Crippen LogP contribution in [0, 0.1) is 5.92 Å². The Kier molecular flexibility index (Phi) is 2.98. The molecule has 2 heterocycles. The van der Waals surface area contributed by atoms with Crippen LogP contribution in [0.4, 0.5) is 5.69 Å². The number of hydrogen-bond acceptors (Lipinski definition) is 1. The van der Waals surface area contributed by atoms with Crippen molar-refractivity contribution in [1.82, 2.24) is 4.90 Å². The van der Waals surface area contributed by atoms with Crippen molar-refractivity contribution in [2.24, 2.45) is 10.9 Å². The fourth-order valence-electron chi connectivity index (χ4n) is 2.37. The van der Waals surface area contributed by atoms with Gasteiger partial charge in [-0.15, -0.1) is 0 Å². The molecule has 3 rings (SSSR count). The molecular formula is C13H16N2Se. The van der Waals surface area contributed by atoms with Crippen molar-refractivity contribution in [1.29, 1.82) is 0 Å². The Morgan fingerprint density at radius 1 is 1.25 bits per heavy atom. The molecule has 0 aliphatic carbocycles. The van der Waals surface area contributed by atoms with Crippen LogP contribution in [0.25, 0.3) is 0 Å². The van der Waals surface area contributed by atoms with Gasteiger partial charge in [0.1, 0.15) is 0 Å². The summed E-state index contributed by atoms with van der Waals surface area (Å²) in [6, 6.07) is 10.4. The van der Waals surface area contributed by atoms with E-state index in [0.29, 0.717) is 15.0 Å². The average molecular weight is 279 g/mol. The van der Waals surface area contributed by atoms with Crippen LogP contribution in [0.2, 0.25) is 5.32 Å². The summed E-state index contributed by atoms with van der Waals surface area (Å²) >= 11 is 0.596. The zero-order chi connectivity index (χ0) is 10.8. The molecule has 1 atom stereocenters. The fraction of sp³-hybridized carbons (Fsp3) is 0.462. The molecule has 2 saturated heterocycles. The Morgan fingerprint density at radius 3 is 3.00 bits per heavy atom. The van der Waals surface area contributed by atoms with Gasteiger partial charge in [-0.3, -0.25) is 0 Å². The van der Waals surface area contributed by atoms with Crippen LogP contribution in [-0.2, 0) is 0 Å². The summed E-state index contributed by atoms with van der Waals surface area (Å²) in [6.45, 7) is 2.48. The number of para-hydroxylation sites is 1. The van der Waals surface area contributed by atoms with Gasteiger partial charge in [0.25, 0.3) is 0 Å². The molecule has 0 saturated carbocycles. The summed E-state index contributed by atoms with van der Waals surface area (Å²) in [4.78, 5) is 7.33. The number of aliphatic imine (C=N–C) groups is 1. The van der Waals surface area contributed by atoms with Crippen LogP contribution in [0.3, 0.4) is 0 Å². The summed E-state index contributed by atoms with van der Waals surface area (Å²) in [7, 11) is 0. The van der Waals surface area contributed by atoms with Gasteiger partial charge < -0.3 is 0 Å². The molecule has 2 bridgehead atoms. The Morgan fingerprint density at radius 2 is 2.12 bits per heavy atom. The summed E-state index contributed by atoms with van der Waals surface area (Å²) in [5.41, 5.74) is 1.11. The molecule has 0 spiro atoms. The van der Waals surface area contributed by atoms with Crippen molar-refractivity contribution in [3.63, 3.8) is 0 Å². The third-order valence-electron chi connectivity index (χ3n) is 3.22. The fourth-order valence-corrected chi connectivity index (χ4v) is 4.84. The van der Waals surface area contributed by atoms with E-state index in [2.05, 4.69) is 29.2 Å². The third-order valence-corrected chi connectivity index (χ3v) is 5.83. The third kappa shape index (κ3) is 2.16.